The minimum absolute atomic E-state index is 0.0264. The molecule has 1 atom stereocenters. The van der Waals surface area contributed by atoms with Crippen molar-refractivity contribution in [2.45, 2.75) is 38.5 Å². The monoisotopic (exact) mass is 369 g/mol. The Morgan fingerprint density at radius 2 is 2.29 bits per heavy atom. The van der Waals surface area contributed by atoms with E-state index in [1.807, 2.05) is 0 Å². The van der Waals surface area contributed by atoms with Crippen molar-refractivity contribution in [1.29, 1.82) is 0 Å². The van der Waals surface area contributed by atoms with E-state index in [9.17, 15) is 10.1 Å². The van der Waals surface area contributed by atoms with Gasteiger partial charge in [-0.3, -0.25) is 10.1 Å². The van der Waals surface area contributed by atoms with Crippen LogP contribution in [0.2, 0.25) is 0 Å². The topological polar surface area (TPSA) is 82.0 Å². The van der Waals surface area contributed by atoms with Crippen LogP contribution in [0.1, 0.15) is 43.4 Å². The number of thiazole rings is 1. The summed E-state index contributed by atoms with van der Waals surface area (Å²) in [6.45, 7) is 2.10. The summed E-state index contributed by atoms with van der Waals surface area (Å²) >= 11 is 3.48. The van der Waals surface area contributed by atoms with Crippen LogP contribution in [0.5, 0.6) is 0 Å². The van der Waals surface area contributed by atoms with Crippen LogP contribution < -0.4 is 5.73 Å². The summed E-state index contributed by atoms with van der Waals surface area (Å²) in [6, 6.07) is 0. The number of nitrogens with two attached hydrogens (primary N) is 1. The molecule has 0 aliphatic rings. The fourth-order valence-electron chi connectivity index (χ4n) is 1.71. The lowest BCUT2D eigenvalue weighted by molar-refractivity contribution is -0.483. The van der Waals surface area contributed by atoms with E-state index >= 15 is 0 Å². The molecule has 0 amide bonds. The molecule has 1 rings (SSSR count). The van der Waals surface area contributed by atoms with Gasteiger partial charge < -0.3 is 5.73 Å². The Balaban J connectivity index is 2.74. The average Bonchev–Trinajstić information content (AvgIpc) is 2.56. The molecule has 0 fully saturated rings. The number of hydrogen-bond acceptors (Lipinski definition) is 5. The van der Waals surface area contributed by atoms with E-state index < -0.39 is 0 Å². The third-order valence-electron chi connectivity index (χ3n) is 2.52. The molecule has 0 spiro atoms. The summed E-state index contributed by atoms with van der Waals surface area (Å²) in [4.78, 5) is 15.5. The number of aromatic nitrogens is 1. The molecule has 2 N–H and O–H groups in total. The molecular formula is C10H16IN3O2S. The van der Waals surface area contributed by atoms with Crippen LogP contribution in [0.15, 0.2) is 0 Å². The van der Waals surface area contributed by atoms with Gasteiger partial charge in [0.15, 0.2) is 5.13 Å². The highest BCUT2D eigenvalue weighted by atomic mass is 127. The molecule has 5 nitrogen and oxygen atoms in total. The summed E-state index contributed by atoms with van der Waals surface area (Å²) < 4.78 is 0.813. The van der Waals surface area contributed by atoms with Gasteiger partial charge in [-0.2, -0.15) is 0 Å². The minimum Gasteiger partial charge on any atom is -0.375 e. The van der Waals surface area contributed by atoms with E-state index in [2.05, 4.69) is 34.5 Å². The van der Waals surface area contributed by atoms with Crippen molar-refractivity contribution >= 4 is 39.1 Å². The number of nitrogens with zero attached hydrogens (tertiary/aromatic N) is 2. The van der Waals surface area contributed by atoms with Crippen molar-refractivity contribution in [1.82, 2.24) is 4.98 Å². The number of nitro groups is 1. The predicted octanol–water partition coefficient (Wildman–Crippen LogP) is 3.27. The molecule has 1 heterocycles. The normalized spacial score (nSPS) is 12.6. The van der Waals surface area contributed by atoms with E-state index in [-0.39, 0.29) is 17.4 Å². The Hall–Kier alpha value is -0.440. The molecule has 1 aromatic heterocycles. The fourth-order valence-corrected chi connectivity index (χ4v) is 3.75. The van der Waals surface area contributed by atoms with Crippen LogP contribution in [-0.2, 0) is 0 Å². The van der Waals surface area contributed by atoms with Gasteiger partial charge in [0.2, 0.25) is 6.54 Å². The van der Waals surface area contributed by atoms with Crippen molar-refractivity contribution in [3.05, 3.63) is 18.7 Å². The second-order valence-corrected chi connectivity index (χ2v) is 6.00. The zero-order valence-electron chi connectivity index (χ0n) is 9.69. The average molecular weight is 369 g/mol. The van der Waals surface area contributed by atoms with Crippen molar-refractivity contribution in [3.63, 3.8) is 0 Å². The van der Waals surface area contributed by atoms with Gasteiger partial charge in [-0.05, 0) is 29.0 Å². The zero-order valence-corrected chi connectivity index (χ0v) is 12.7. The van der Waals surface area contributed by atoms with E-state index in [1.54, 1.807) is 0 Å². The number of rotatable bonds is 7. The fraction of sp³-hybridized carbons (Fsp3) is 0.700. The molecule has 0 radical (unpaired) electrons. The predicted molar refractivity (Wildman–Crippen MR) is 78.0 cm³/mol. The van der Waals surface area contributed by atoms with Crippen LogP contribution in [0, 0.1) is 13.8 Å². The van der Waals surface area contributed by atoms with Gasteiger partial charge in [-0.25, -0.2) is 4.98 Å². The standard InChI is InChI=1S/C10H16IN3O2S/c1-2-3-4-5-7(6-14(15)16)8-9(11)13-10(12)17-8/h7H,2-6H2,1H3,(H2,12,13). The Morgan fingerprint density at radius 3 is 2.76 bits per heavy atom. The summed E-state index contributed by atoms with van der Waals surface area (Å²) in [6.07, 6.45) is 4.08. The number of unbranched alkanes of at least 4 members (excludes halogenated alkanes) is 2. The van der Waals surface area contributed by atoms with E-state index in [0.717, 1.165) is 34.3 Å². The van der Waals surface area contributed by atoms with E-state index in [4.69, 9.17) is 5.73 Å². The number of anilines is 1. The maximum Gasteiger partial charge on any atom is 0.211 e. The Bertz CT molecular complexity index is 384. The van der Waals surface area contributed by atoms with Gasteiger partial charge in [0.1, 0.15) is 3.70 Å². The first-order valence-electron chi connectivity index (χ1n) is 5.58. The third kappa shape index (κ3) is 4.74. The van der Waals surface area contributed by atoms with Crippen LogP contribution >= 0.6 is 33.9 Å². The first-order valence-corrected chi connectivity index (χ1v) is 7.47. The lowest BCUT2D eigenvalue weighted by Gasteiger charge is -2.10. The summed E-state index contributed by atoms with van der Waals surface area (Å²) in [5, 5.41) is 11.2. The minimum atomic E-state index is -0.247. The molecule has 0 saturated heterocycles. The smallest absolute Gasteiger partial charge is 0.211 e. The molecule has 17 heavy (non-hydrogen) atoms. The molecular weight excluding hydrogens is 353 g/mol. The number of halogens is 1. The first kappa shape index (κ1) is 14.6. The maximum atomic E-state index is 10.7. The third-order valence-corrected chi connectivity index (χ3v) is 4.76. The van der Waals surface area contributed by atoms with Crippen molar-refractivity contribution < 1.29 is 4.92 Å². The van der Waals surface area contributed by atoms with Crippen LogP contribution in [0.25, 0.3) is 0 Å². The van der Waals surface area contributed by atoms with Crippen molar-refractivity contribution in [2.75, 3.05) is 12.3 Å². The van der Waals surface area contributed by atoms with Gasteiger partial charge in [0.25, 0.3) is 0 Å². The summed E-state index contributed by atoms with van der Waals surface area (Å²) in [5.41, 5.74) is 5.64. The molecule has 7 heteroatoms. The maximum absolute atomic E-state index is 10.7. The van der Waals surface area contributed by atoms with Crippen molar-refractivity contribution in [2.24, 2.45) is 0 Å². The highest BCUT2D eigenvalue weighted by molar-refractivity contribution is 14.1. The van der Waals surface area contributed by atoms with Crippen LogP contribution in [0.4, 0.5) is 5.13 Å². The number of nitrogen functional groups attached to an aromatic ring is 1. The second-order valence-electron chi connectivity index (χ2n) is 3.92. The largest absolute Gasteiger partial charge is 0.375 e. The van der Waals surface area contributed by atoms with Gasteiger partial charge in [0.05, 0.1) is 5.92 Å². The molecule has 96 valence electrons. The van der Waals surface area contributed by atoms with Gasteiger partial charge in [-0.1, -0.05) is 26.2 Å². The zero-order chi connectivity index (χ0) is 12.8. The first-order chi connectivity index (χ1) is 8.04. The van der Waals surface area contributed by atoms with Crippen molar-refractivity contribution in [3.8, 4) is 0 Å². The summed E-state index contributed by atoms with van der Waals surface area (Å²) in [5.74, 6) is -0.0433. The second kappa shape index (κ2) is 7.10. The van der Waals surface area contributed by atoms with Crippen LogP contribution in [-0.4, -0.2) is 16.5 Å². The number of hydrogen-bond donors (Lipinski definition) is 1. The molecule has 1 unspecified atom stereocenters. The Labute approximate surface area is 118 Å². The highest BCUT2D eigenvalue weighted by Crippen LogP contribution is 2.33. The quantitative estimate of drug-likeness (QED) is 0.346. The lowest BCUT2D eigenvalue weighted by atomic mass is 10.0. The Morgan fingerprint density at radius 1 is 1.59 bits per heavy atom. The van der Waals surface area contributed by atoms with Gasteiger partial charge in [0, 0.05) is 9.80 Å². The van der Waals surface area contributed by atoms with Crippen LogP contribution in [0.3, 0.4) is 0 Å². The molecule has 0 aliphatic carbocycles. The van der Waals surface area contributed by atoms with E-state index in [1.165, 1.54) is 11.3 Å². The molecule has 0 bridgehead atoms. The van der Waals surface area contributed by atoms with Gasteiger partial charge >= 0.3 is 0 Å². The molecule has 0 saturated carbocycles. The Kier molecular flexibility index (Phi) is 6.10. The molecule has 0 aliphatic heterocycles. The molecule has 1 aromatic rings. The van der Waals surface area contributed by atoms with E-state index in [0.29, 0.717) is 5.13 Å². The lowest BCUT2D eigenvalue weighted by Crippen LogP contribution is -2.12. The molecule has 0 aromatic carbocycles. The highest BCUT2D eigenvalue weighted by Gasteiger charge is 2.23. The SMILES string of the molecule is CCCCCC(C[N+](=O)[O-])c1sc(N)nc1I. The van der Waals surface area contributed by atoms with Gasteiger partial charge in [-0.15, -0.1) is 11.3 Å². The summed E-state index contributed by atoms with van der Waals surface area (Å²) in [7, 11) is 0.